The Morgan fingerprint density at radius 1 is 1.45 bits per heavy atom. The first-order valence-electron chi connectivity index (χ1n) is 7.12. The molecule has 20 heavy (non-hydrogen) atoms. The smallest absolute Gasteiger partial charge is 0.221 e. The number of nitrogens with zero attached hydrogens (tertiary/aromatic N) is 3. The monoisotopic (exact) mass is 273 g/mol. The van der Waals surface area contributed by atoms with Crippen LogP contribution in [-0.4, -0.2) is 28.0 Å². The van der Waals surface area contributed by atoms with Gasteiger partial charge in [-0.3, -0.25) is 0 Å². The highest BCUT2D eigenvalue weighted by atomic mass is 16.5. The van der Waals surface area contributed by atoms with E-state index in [1.165, 1.54) is 6.42 Å². The maximum Gasteiger partial charge on any atom is 0.221 e. The molecular weight excluding hydrogens is 254 g/mol. The van der Waals surface area contributed by atoms with Gasteiger partial charge in [-0.15, -0.1) is 0 Å². The van der Waals surface area contributed by atoms with Gasteiger partial charge in [0, 0.05) is 30.1 Å². The van der Waals surface area contributed by atoms with E-state index in [4.69, 9.17) is 9.47 Å². The molecule has 5 heteroatoms. The maximum atomic E-state index is 5.74. The van der Waals surface area contributed by atoms with E-state index in [2.05, 4.69) is 10.1 Å². The zero-order chi connectivity index (χ0) is 13.8. The van der Waals surface area contributed by atoms with Gasteiger partial charge in [0.2, 0.25) is 5.88 Å². The number of aromatic nitrogens is 3. The third-order valence-electron chi connectivity index (χ3n) is 3.42. The standard InChI is InChI=1S/C15H19N3O2/c1-2-19-15-13(6-5-8-16-15)12-10-17-18(11-12)14-7-3-4-9-20-14/h5-6,8,10-11,14H,2-4,7,9H2,1H3/t14-/m0/s1. The van der Waals surface area contributed by atoms with Crippen LogP contribution in [0.2, 0.25) is 0 Å². The summed E-state index contributed by atoms with van der Waals surface area (Å²) in [5.41, 5.74) is 1.98. The van der Waals surface area contributed by atoms with Crippen molar-refractivity contribution in [2.75, 3.05) is 13.2 Å². The summed E-state index contributed by atoms with van der Waals surface area (Å²) in [4.78, 5) is 4.28. The minimum atomic E-state index is 0.0599. The van der Waals surface area contributed by atoms with E-state index in [0.717, 1.165) is 30.6 Å². The van der Waals surface area contributed by atoms with Crippen LogP contribution in [0, 0.1) is 0 Å². The normalized spacial score (nSPS) is 18.9. The highest BCUT2D eigenvalue weighted by Gasteiger charge is 2.17. The Morgan fingerprint density at radius 2 is 2.40 bits per heavy atom. The highest BCUT2D eigenvalue weighted by Crippen LogP contribution is 2.29. The Kier molecular flexibility index (Phi) is 3.97. The minimum Gasteiger partial charge on any atom is -0.478 e. The molecule has 0 aromatic carbocycles. The van der Waals surface area contributed by atoms with Crippen LogP contribution in [0.5, 0.6) is 5.88 Å². The Labute approximate surface area is 118 Å². The molecule has 0 bridgehead atoms. The lowest BCUT2D eigenvalue weighted by Crippen LogP contribution is -2.18. The second-order valence-corrected chi connectivity index (χ2v) is 4.82. The number of hydrogen-bond donors (Lipinski definition) is 0. The lowest BCUT2D eigenvalue weighted by molar-refractivity contribution is -0.0394. The van der Waals surface area contributed by atoms with E-state index in [-0.39, 0.29) is 6.23 Å². The molecule has 0 radical (unpaired) electrons. The Hall–Kier alpha value is -1.88. The fourth-order valence-corrected chi connectivity index (χ4v) is 2.43. The van der Waals surface area contributed by atoms with Gasteiger partial charge in [-0.2, -0.15) is 5.10 Å². The van der Waals surface area contributed by atoms with E-state index in [9.17, 15) is 0 Å². The van der Waals surface area contributed by atoms with Crippen molar-refractivity contribution >= 4 is 0 Å². The largest absolute Gasteiger partial charge is 0.478 e. The van der Waals surface area contributed by atoms with E-state index >= 15 is 0 Å². The summed E-state index contributed by atoms with van der Waals surface area (Å²) in [6, 6.07) is 3.91. The first-order chi connectivity index (χ1) is 9.88. The molecule has 1 aliphatic heterocycles. The summed E-state index contributed by atoms with van der Waals surface area (Å²) in [6.45, 7) is 3.37. The number of ether oxygens (including phenoxy) is 2. The molecule has 1 atom stereocenters. The fourth-order valence-electron chi connectivity index (χ4n) is 2.43. The molecule has 106 valence electrons. The van der Waals surface area contributed by atoms with Crippen molar-refractivity contribution in [1.82, 2.24) is 14.8 Å². The third kappa shape index (κ3) is 2.67. The van der Waals surface area contributed by atoms with Gasteiger partial charge in [0.05, 0.1) is 12.8 Å². The van der Waals surface area contributed by atoms with Gasteiger partial charge in [0.25, 0.3) is 0 Å². The summed E-state index contributed by atoms with van der Waals surface area (Å²) in [7, 11) is 0. The second-order valence-electron chi connectivity index (χ2n) is 4.82. The van der Waals surface area contributed by atoms with Crippen molar-refractivity contribution in [3.05, 3.63) is 30.7 Å². The van der Waals surface area contributed by atoms with Crippen LogP contribution in [0.25, 0.3) is 11.1 Å². The van der Waals surface area contributed by atoms with Gasteiger partial charge >= 0.3 is 0 Å². The fraction of sp³-hybridized carbons (Fsp3) is 0.467. The summed E-state index contributed by atoms with van der Waals surface area (Å²) in [5.74, 6) is 0.652. The minimum absolute atomic E-state index is 0.0599. The van der Waals surface area contributed by atoms with Gasteiger partial charge in [-0.25, -0.2) is 9.67 Å². The first kappa shape index (κ1) is 13.1. The topological polar surface area (TPSA) is 49.2 Å². The molecule has 2 aromatic rings. The van der Waals surface area contributed by atoms with Gasteiger partial charge < -0.3 is 9.47 Å². The predicted molar refractivity (Wildman–Crippen MR) is 75.5 cm³/mol. The summed E-state index contributed by atoms with van der Waals surface area (Å²) in [6.07, 6.45) is 9.01. The summed E-state index contributed by atoms with van der Waals surface area (Å²) >= 11 is 0. The van der Waals surface area contributed by atoms with E-state index in [1.807, 2.05) is 36.1 Å². The van der Waals surface area contributed by atoms with Crippen LogP contribution in [0.1, 0.15) is 32.4 Å². The number of hydrogen-bond acceptors (Lipinski definition) is 4. The molecule has 0 spiro atoms. The number of rotatable bonds is 4. The molecule has 1 fully saturated rings. The first-order valence-corrected chi connectivity index (χ1v) is 7.12. The van der Waals surface area contributed by atoms with Gasteiger partial charge in [-0.1, -0.05) is 0 Å². The van der Waals surface area contributed by atoms with Crippen molar-refractivity contribution < 1.29 is 9.47 Å². The highest BCUT2D eigenvalue weighted by molar-refractivity contribution is 5.66. The molecule has 0 aliphatic carbocycles. The van der Waals surface area contributed by atoms with Crippen LogP contribution in [0.3, 0.4) is 0 Å². The van der Waals surface area contributed by atoms with Crippen LogP contribution < -0.4 is 4.74 Å². The van der Waals surface area contributed by atoms with Crippen molar-refractivity contribution in [1.29, 1.82) is 0 Å². The Morgan fingerprint density at radius 3 is 3.20 bits per heavy atom. The SMILES string of the molecule is CCOc1ncccc1-c1cnn([C@@H]2CCCCO2)c1. The molecule has 0 unspecified atom stereocenters. The zero-order valence-corrected chi connectivity index (χ0v) is 11.7. The molecular formula is C15H19N3O2. The van der Waals surface area contributed by atoms with E-state index in [0.29, 0.717) is 12.5 Å². The Bertz CT molecular complexity index is 562. The van der Waals surface area contributed by atoms with E-state index in [1.54, 1.807) is 6.20 Å². The lowest BCUT2D eigenvalue weighted by Gasteiger charge is -2.22. The third-order valence-corrected chi connectivity index (χ3v) is 3.42. The van der Waals surface area contributed by atoms with Crippen LogP contribution >= 0.6 is 0 Å². The van der Waals surface area contributed by atoms with Crippen molar-refractivity contribution in [3.8, 4) is 17.0 Å². The Balaban J connectivity index is 1.86. The molecule has 5 nitrogen and oxygen atoms in total. The van der Waals surface area contributed by atoms with Crippen LogP contribution in [0.4, 0.5) is 0 Å². The zero-order valence-electron chi connectivity index (χ0n) is 11.7. The average molecular weight is 273 g/mol. The van der Waals surface area contributed by atoms with Gasteiger partial charge in [0.15, 0.2) is 0 Å². The molecule has 0 saturated carbocycles. The quantitative estimate of drug-likeness (QED) is 0.859. The van der Waals surface area contributed by atoms with E-state index < -0.39 is 0 Å². The molecule has 1 aliphatic rings. The molecule has 1 saturated heterocycles. The maximum absolute atomic E-state index is 5.74. The molecule has 2 aromatic heterocycles. The van der Waals surface area contributed by atoms with Crippen LogP contribution in [-0.2, 0) is 4.74 Å². The van der Waals surface area contributed by atoms with Crippen LogP contribution in [0.15, 0.2) is 30.7 Å². The van der Waals surface area contributed by atoms with Gasteiger partial charge in [0.1, 0.15) is 6.23 Å². The van der Waals surface area contributed by atoms with Gasteiger partial charge in [-0.05, 0) is 38.3 Å². The molecule has 0 amide bonds. The molecule has 0 N–H and O–H groups in total. The number of pyridine rings is 1. The van der Waals surface area contributed by atoms with Crippen molar-refractivity contribution in [3.63, 3.8) is 0 Å². The second kappa shape index (κ2) is 6.05. The average Bonchev–Trinajstić information content (AvgIpc) is 2.99. The van der Waals surface area contributed by atoms with Crippen molar-refractivity contribution in [2.45, 2.75) is 32.4 Å². The van der Waals surface area contributed by atoms with Crippen molar-refractivity contribution in [2.24, 2.45) is 0 Å². The summed E-state index contributed by atoms with van der Waals surface area (Å²) in [5, 5.41) is 4.43. The predicted octanol–water partition coefficient (Wildman–Crippen LogP) is 3.04. The summed E-state index contributed by atoms with van der Waals surface area (Å²) < 4.78 is 13.2. The lowest BCUT2D eigenvalue weighted by atomic mass is 10.1. The molecule has 3 heterocycles. The molecule has 3 rings (SSSR count).